The van der Waals surface area contributed by atoms with Gasteiger partial charge in [0.2, 0.25) is 0 Å². The molecule has 0 bridgehead atoms. The van der Waals surface area contributed by atoms with E-state index in [1.807, 2.05) is 0 Å². The van der Waals surface area contributed by atoms with Crippen molar-refractivity contribution in [2.45, 2.75) is 25.2 Å². The summed E-state index contributed by atoms with van der Waals surface area (Å²) in [7, 11) is 0. The van der Waals surface area contributed by atoms with Crippen LogP contribution in [-0.2, 0) is 0 Å². The van der Waals surface area contributed by atoms with Crippen LogP contribution < -0.4 is 11.1 Å². The zero-order valence-corrected chi connectivity index (χ0v) is 6.23. The molecule has 0 fully saturated rings. The Morgan fingerprint density at radius 3 is 2.18 bits per heavy atom. The third-order valence-electron chi connectivity index (χ3n) is 1.16. The van der Waals surface area contributed by atoms with E-state index in [9.17, 15) is 0 Å². The first kappa shape index (κ1) is 10.8. The zero-order chi connectivity index (χ0) is 9.07. The van der Waals surface area contributed by atoms with Gasteiger partial charge in [-0.25, -0.2) is 0 Å². The molecule has 6 nitrogen and oxygen atoms in total. The van der Waals surface area contributed by atoms with Gasteiger partial charge in [-0.3, -0.25) is 5.32 Å². The Balaban J connectivity index is 3.77. The van der Waals surface area contributed by atoms with Gasteiger partial charge in [0.05, 0.1) is 0 Å². The van der Waals surface area contributed by atoms with Crippen LogP contribution in [0.3, 0.4) is 0 Å². The first-order valence-electron chi connectivity index (χ1n) is 3.19. The molecule has 0 saturated heterocycles. The Kier molecular flexibility index (Phi) is 3.87. The normalized spacial score (nSPS) is 18.0. The lowest BCUT2D eigenvalue weighted by molar-refractivity contribution is -0.361. The first-order valence-corrected chi connectivity index (χ1v) is 3.19. The molecule has 0 heterocycles. The zero-order valence-electron chi connectivity index (χ0n) is 6.23. The molecule has 0 amide bonds. The summed E-state index contributed by atoms with van der Waals surface area (Å²) < 4.78 is 0. The number of hydrogen-bond acceptors (Lipinski definition) is 6. The average Bonchev–Trinajstić information content (AvgIpc) is 1.85. The molecule has 0 aliphatic carbocycles. The van der Waals surface area contributed by atoms with Gasteiger partial charge in [-0.2, -0.15) is 0 Å². The van der Waals surface area contributed by atoms with Crippen molar-refractivity contribution < 1.29 is 20.4 Å². The minimum absolute atomic E-state index is 0.215. The topological polar surface area (TPSA) is 119 Å². The molecule has 0 aliphatic rings. The van der Waals surface area contributed by atoms with Gasteiger partial charge >= 0.3 is 5.97 Å². The van der Waals surface area contributed by atoms with E-state index in [1.54, 1.807) is 6.92 Å². The summed E-state index contributed by atoms with van der Waals surface area (Å²) in [5, 5.41) is 36.2. The smallest absolute Gasteiger partial charge is 0.317 e. The van der Waals surface area contributed by atoms with Crippen LogP contribution in [0, 0.1) is 0 Å². The van der Waals surface area contributed by atoms with Crippen LogP contribution in [0.5, 0.6) is 0 Å². The second-order valence-electron chi connectivity index (χ2n) is 2.39. The van der Waals surface area contributed by atoms with Crippen LogP contribution in [0.1, 0.15) is 6.92 Å². The van der Waals surface area contributed by atoms with Gasteiger partial charge in [0.1, 0.15) is 0 Å². The Morgan fingerprint density at radius 2 is 1.91 bits per heavy atom. The molecule has 0 rings (SSSR count). The summed E-state index contributed by atoms with van der Waals surface area (Å²) in [6.45, 7) is 1.84. The molecule has 0 spiro atoms. The molecule has 0 aromatic heterocycles. The van der Waals surface area contributed by atoms with Crippen LogP contribution in [0.15, 0.2) is 0 Å². The standard InChI is InChI=1S/C5H14N2O4/c1-3(2-6)7-4(8)5(9,10)11/h3-4,7-11H,2,6H2,1H3. The monoisotopic (exact) mass is 166 g/mol. The van der Waals surface area contributed by atoms with E-state index in [2.05, 4.69) is 5.32 Å². The highest BCUT2D eigenvalue weighted by molar-refractivity contribution is 4.67. The van der Waals surface area contributed by atoms with E-state index in [0.29, 0.717) is 0 Å². The minimum Gasteiger partial charge on any atom is -0.371 e. The number of hydrogen-bond donors (Lipinski definition) is 6. The quantitative estimate of drug-likeness (QED) is 0.246. The number of aliphatic hydroxyl groups excluding tert-OH is 1. The molecule has 0 saturated carbocycles. The van der Waals surface area contributed by atoms with Gasteiger partial charge in [0.25, 0.3) is 0 Å². The van der Waals surface area contributed by atoms with Crippen molar-refractivity contribution in [1.29, 1.82) is 0 Å². The van der Waals surface area contributed by atoms with E-state index >= 15 is 0 Å². The van der Waals surface area contributed by atoms with Gasteiger partial charge in [-0.15, -0.1) is 0 Å². The summed E-state index contributed by atoms with van der Waals surface area (Å²) in [5.74, 6) is -3.12. The highest BCUT2D eigenvalue weighted by Gasteiger charge is 2.30. The number of rotatable bonds is 4. The second kappa shape index (κ2) is 3.96. The van der Waals surface area contributed by atoms with Crippen LogP contribution in [0.2, 0.25) is 0 Å². The number of aliphatic hydroxyl groups is 4. The van der Waals surface area contributed by atoms with E-state index in [1.165, 1.54) is 0 Å². The number of nitrogens with two attached hydrogens (primary N) is 1. The molecule has 0 aromatic carbocycles. The van der Waals surface area contributed by atoms with Gasteiger partial charge < -0.3 is 26.2 Å². The van der Waals surface area contributed by atoms with Crippen molar-refractivity contribution in [2.75, 3.05) is 6.54 Å². The molecule has 68 valence electrons. The molecule has 2 atom stereocenters. The summed E-state index contributed by atoms with van der Waals surface area (Å²) in [4.78, 5) is 0. The molecule has 0 radical (unpaired) electrons. The Labute approximate surface area is 64.3 Å². The molecular formula is C5H14N2O4. The van der Waals surface area contributed by atoms with Crippen molar-refractivity contribution in [1.82, 2.24) is 5.32 Å². The fraction of sp³-hybridized carbons (Fsp3) is 1.00. The van der Waals surface area contributed by atoms with Crippen molar-refractivity contribution in [3.8, 4) is 0 Å². The molecule has 2 unspecified atom stereocenters. The van der Waals surface area contributed by atoms with Gasteiger partial charge in [-0.05, 0) is 6.92 Å². The predicted molar refractivity (Wildman–Crippen MR) is 37.0 cm³/mol. The van der Waals surface area contributed by atoms with Gasteiger partial charge in [0.15, 0.2) is 6.23 Å². The fourth-order valence-corrected chi connectivity index (χ4v) is 0.449. The van der Waals surface area contributed by atoms with Crippen molar-refractivity contribution in [3.05, 3.63) is 0 Å². The Hall–Kier alpha value is -0.240. The van der Waals surface area contributed by atoms with E-state index in [4.69, 9.17) is 26.2 Å². The van der Waals surface area contributed by atoms with Crippen molar-refractivity contribution in [2.24, 2.45) is 5.73 Å². The Morgan fingerprint density at radius 1 is 1.45 bits per heavy atom. The van der Waals surface area contributed by atoms with Crippen molar-refractivity contribution in [3.63, 3.8) is 0 Å². The average molecular weight is 166 g/mol. The lowest BCUT2D eigenvalue weighted by Crippen LogP contribution is -2.54. The predicted octanol–water partition coefficient (Wildman–Crippen LogP) is -3.13. The summed E-state index contributed by atoms with van der Waals surface area (Å²) in [5.41, 5.74) is 5.15. The largest absolute Gasteiger partial charge is 0.371 e. The lowest BCUT2D eigenvalue weighted by atomic mass is 10.3. The molecule has 11 heavy (non-hydrogen) atoms. The van der Waals surface area contributed by atoms with E-state index in [-0.39, 0.29) is 12.6 Å². The van der Waals surface area contributed by atoms with E-state index < -0.39 is 12.2 Å². The maximum atomic E-state index is 8.77. The second-order valence-corrected chi connectivity index (χ2v) is 2.39. The first-order chi connectivity index (χ1) is 4.88. The summed E-state index contributed by atoms with van der Waals surface area (Å²) >= 11 is 0. The van der Waals surface area contributed by atoms with Crippen LogP contribution >= 0.6 is 0 Å². The van der Waals surface area contributed by atoms with Crippen LogP contribution in [-0.4, -0.2) is 45.2 Å². The SMILES string of the molecule is CC(CN)NC(O)C(O)(O)O. The molecular weight excluding hydrogens is 152 g/mol. The molecule has 6 heteroatoms. The third kappa shape index (κ3) is 4.25. The van der Waals surface area contributed by atoms with Gasteiger partial charge in [0, 0.05) is 12.6 Å². The minimum atomic E-state index is -3.12. The molecule has 7 N–H and O–H groups in total. The maximum Gasteiger partial charge on any atom is 0.317 e. The van der Waals surface area contributed by atoms with Crippen molar-refractivity contribution >= 4 is 0 Å². The third-order valence-corrected chi connectivity index (χ3v) is 1.16. The van der Waals surface area contributed by atoms with E-state index in [0.717, 1.165) is 0 Å². The maximum absolute atomic E-state index is 8.77. The number of nitrogens with one attached hydrogen (secondary N) is 1. The summed E-state index contributed by atoms with van der Waals surface area (Å²) in [6, 6.07) is -0.309. The fourth-order valence-electron chi connectivity index (χ4n) is 0.449. The summed E-state index contributed by atoms with van der Waals surface area (Å²) in [6.07, 6.45) is -1.82. The van der Waals surface area contributed by atoms with Crippen LogP contribution in [0.25, 0.3) is 0 Å². The molecule has 0 aliphatic heterocycles. The Bertz CT molecular complexity index is 114. The highest BCUT2D eigenvalue weighted by atomic mass is 16.7. The van der Waals surface area contributed by atoms with Crippen LogP contribution in [0.4, 0.5) is 0 Å². The highest BCUT2D eigenvalue weighted by Crippen LogP contribution is 1.98. The molecule has 0 aromatic rings. The lowest BCUT2D eigenvalue weighted by Gasteiger charge is -2.24. The van der Waals surface area contributed by atoms with Gasteiger partial charge in [-0.1, -0.05) is 0 Å².